The Balaban J connectivity index is 1.36. The van der Waals surface area contributed by atoms with Gasteiger partial charge < -0.3 is 14.4 Å². The van der Waals surface area contributed by atoms with Gasteiger partial charge in [-0.15, -0.1) is 10.2 Å². The van der Waals surface area contributed by atoms with Crippen molar-refractivity contribution in [3.05, 3.63) is 45.6 Å². The summed E-state index contributed by atoms with van der Waals surface area (Å²) in [6.07, 6.45) is -4.09. The highest BCUT2D eigenvalue weighted by Gasteiger charge is 2.41. The number of anilines is 1. The van der Waals surface area contributed by atoms with Gasteiger partial charge in [-0.2, -0.15) is 18.4 Å². The number of amides is 1. The van der Waals surface area contributed by atoms with E-state index in [1.54, 1.807) is 23.1 Å². The summed E-state index contributed by atoms with van der Waals surface area (Å²) in [5.41, 5.74) is 1.50. The van der Waals surface area contributed by atoms with Gasteiger partial charge in [-0.05, 0) is 30.5 Å². The highest BCUT2D eigenvalue weighted by molar-refractivity contribution is 6.33. The molecule has 1 saturated heterocycles. The van der Waals surface area contributed by atoms with Gasteiger partial charge in [0.1, 0.15) is 16.8 Å². The van der Waals surface area contributed by atoms with Crippen molar-refractivity contribution in [2.45, 2.75) is 32.6 Å². The van der Waals surface area contributed by atoms with Crippen LogP contribution in [-0.2, 0) is 24.1 Å². The number of hydrogen-bond acceptors (Lipinski definition) is 6. The molecule has 1 unspecified atom stereocenters. The molecule has 2 aromatic heterocycles. The largest absolute Gasteiger partial charge is 0.451 e. The molecule has 1 amide bonds. The summed E-state index contributed by atoms with van der Waals surface area (Å²) in [5, 5.41) is 18.0. The maximum Gasteiger partial charge on any atom is 0.451 e. The SMILES string of the molecule is C[C@@H]1CN(c2c(C#N)c(Cl)nc3ccc(Cl)cc23)CCC1C(=O)N1CCn2c(nnc2C(F)(F)F)C1. The molecule has 188 valence electrons. The topological polar surface area (TPSA) is 90.9 Å². The first-order chi connectivity index (χ1) is 17.1. The number of fused-ring (bicyclic) bond motifs is 2. The van der Waals surface area contributed by atoms with E-state index in [-0.39, 0.29) is 53.9 Å². The molecule has 0 bridgehead atoms. The maximum absolute atomic E-state index is 13.4. The van der Waals surface area contributed by atoms with E-state index in [2.05, 4.69) is 21.3 Å². The van der Waals surface area contributed by atoms with Crippen LogP contribution in [-0.4, -0.2) is 50.2 Å². The Morgan fingerprint density at radius 1 is 1.19 bits per heavy atom. The van der Waals surface area contributed by atoms with Crippen molar-refractivity contribution in [1.29, 1.82) is 5.26 Å². The molecule has 8 nitrogen and oxygen atoms in total. The van der Waals surface area contributed by atoms with Gasteiger partial charge in [0.05, 0.1) is 17.7 Å². The highest BCUT2D eigenvalue weighted by atomic mass is 35.5. The van der Waals surface area contributed by atoms with Crippen LogP contribution >= 0.6 is 23.2 Å². The molecule has 0 aliphatic carbocycles. The molecule has 13 heteroatoms. The molecule has 0 radical (unpaired) electrons. The van der Waals surface area contributed by atoms with Crippen LogP contribution in [0.3, 0.4) is 0 Å². The van der Waals surface area contributed by atoms with E-state index >= 15 is 0 Å². The molecule has 2 aliphatic heterocycles. The van der Waals surface area contributed by atoms with Crippen molar-refractivity contribution < 1.29 is 18.0 Å². The Morgan fingerprint density at radius 3 is 2.67 bits per heavy atom. The number of carbonyl (C=O) groups is 1. The number of alkyl halides is 3. The molecule has 0 saturated carbocycles. The summed E-state index contributed by atoms with van der Waals surface area (Å²) in [7, 11) is 0. The lowest BCUT2D eigenvalue weighted by Gasteiger charge is -2.40. The number of hydrogen-bond donors (Lipinski definition) is 0. The lowest BCUT2D eigenvalue weighted by atomic mass is 9.85. The fourth-order valence-corrected chi connectivity index (χ4v) is 5.52. The molecular weight excluding hydrogens is 518 g/mol. The van der Waals surface area contributed by atoms with Gasteiger partial charge in [-0.3, -0.25) is 4.79 Å². The molecule has 0 spiro atoms. The van der Waals surface area contributed by atoms with Crippen molar-refractivity contribution in [1.82, 2.24) is 24.6 Å². The minimum Gasteiger partial charge on any atom is -0.370 e. The minimum absolute atomic E-state index is 0.00998. The van der Waals surface area contributed by atoms with E-state index in [4.69, 9.17) is 23.2 Å². The monoisotopic (exact) mass is 537 g/mol. The lowest BCUT2D eigenvalue weighted by Crippen LogP contribution is -2.49. The summed E-state index contributed by atoms with van der Waals surface area (Å²) in [4.78, 5) is 21.3. The smallest absolute Gasteiger partial charge is 0.370 e. The predicted molar refractivity (Wildman–Crippen MR) is 126 cm³/mol. The van der Waals surface area contributed by atoms with Gasteiger partial charge in [0.15, 0.2) is 5.82 Å². The Labute approximate surface area is 214 Å². The maximum atomic E-state index is 13.4. The van der Waals surface area contributed by atoms with Crippen LogP contribution in [0.5, 0.6) is 0 Å². The summed E-state index contributed by atoms with van der Waals surface area (Å²) >= 11 is 12.5. The molecular formula is C23H20Cl2F3N7O. The van der Waals surface area contributed by atoms with Crippen LogP contribution in [0.25, 0.3) is 10.9 Å². The van der Waals surface area contributed by atoms with Crippen LogP contribution in [0.4, 0.5) is 18.9 Å². The van der Waals surface area contributed by atoms with Gasteiger partial charge in [0.25, 0.3) is 0 Å². The fourth-order valence-electron chi connectivity index (χ4n) is 5.12. The zero-order chi connectivity index (χ0) is 25.8. The number of nitrogens with zero attached hydrogens (tertiary/aromatic N) is 7. The Kier molecular flexibility index (Phi) is 6.21. The molecule has 1 fully saturated rings. The standard InChI is InChI=1S/C23H20Cl2F3N7O/c1-12-10-33(19-15-8-13(24)2-3-17(15)30-20(25)16(19)9-29)5-4-14(12)21(36)34-6-7-35-18(11-34)31-32-22(35)23(26,27)28/h2-3,8,12,14H,4-7,10-11H2,1H3/t12-,14?/m1/s1. The van der Waals surface area contributed by atoms with Crippen molar-refractivity contribution in [2.24, 2.45) is 11.8 Å². The van der Waals surface area contributed by atoms with Crippen LogP contribution in [0.15, 0.2) is 18.2 Å². The molecule has 4 heterocycles. The van der Waals surface area contributed by atoms with E-state index in [9.17, 15) is 23.2 Å². The molecule has 3 aromatic rings. The van der Waals surface area contributed by atoms with E-state index in [0.29, 0.717) is 41.1 Å². The zero-order valence-corrected chi connectivity index (χ0v) is 20.6. The first kappa shape index (κ1) is 24.6. The molecule has 5 rings (SSSR count). The van der Waals surface area contributed by atoms with Gasteiger partial charge in [-0.25, -0.2) is 4.98 Å². The average Bonchev–Trinajstić information content (AvgIpc) is 3.27. The normalized spacial score (nSPS) is 20.4. The summed E-state index contributed by atoms with van der Waals surface area (Å²) in [6, 6.07) is 7.34. The fraction of sp³-hybridized carbons (Fsp3) is 0.435. The summed E-state index contributed by atoms with van der Waals surface area (Å²) in [5.74, 6) is -1.45. The third kappa shape index (κ3) is 4.22. The second-order valence-corrected chi connectivity index (χ2v) is 9.86. The first-order valence-corrected chi connectivity index (χ1v) is 12.1. The molecule has 0 N–H and O–H groups in total. The lowest BCUT2D eigenvalue weighted by molar-refractivity contribution is -0.148. The number of halogens is 5. The average molecular weight is 538 g/mol. The second-order valence-electron chi connectivity index (χ2n) is 9.07. The zero-order valence-electron chi connectivity index (χ0n) is 19.1. The Bertz CT molecular complexity index is 1400. The van der Waals surface area contributed by atoms with Gasteiger partial charge >= 0.3 is 6.18 Å². The number of nitriles is 1. The van der Waals surface area contributed by atoms with E-state index in [1.165, 1.54) is 0 Å². The quantitative estimate of drug-likeness (QED) is 0.446. The van der Waals surface area contributed by atoms with Gasteiger partial charge in [0, 0.05) is 42.5 Å². The van der Waals surface area contributed by atoms with Crippen LogP contribution < -0.4 is 4.90 Å². The number of rotatable bonds is 2. The first-order valence-electron chi connectivity index (χ1n) is 11.3. The minimum atomic E-state index is -4.59. The van der Waals surface area contributed by atoms with Crippen LogP contribution in [0.1, 0.15) is 30.6 Å². The number of carbonyl (C=O) groups excluding carboxylic acids is 1. The number of aromatic nitrogens is 4. The van der Waals surface area contributed by atoms with Crippen molar-refractivity contribution in [3.8, 4) is 6.07 Å². The van der Waals surface area contributed by atoms with Crippen LogP contribution in [0.2, 0.25) is 10.2 Å². The van der Waals surface area contributed by atoms with Gasteiger partial charge in [-0.1, -0.05) is 30.1 Å². The van der Waals surface area contributed by atoms with Crippen LogP contribution in [0, 0.1) is 23.2 Å². The number of piperidine rings is 1. The summed E-state index contributed by atoms with van der Waals surface area (Å²) < 4.78 is 40.4. The molecule has 2 atom stereocenters. The molecule has 2 aliphatic rings. The Hall–Kier alpha value is -3.10. The van der Waals surface area contributed by atoms with Crippen molar-refractivity contribution >= 4 is 45.7 Å². The number of benzene rings is 1. The third-order valence-corrected chi connectivity index (χ3v) is 7.35. The van der Waals surface area contributed by atoms with Crippen molar-refractivity contribution in [3.63, 3.8) is 0 Å². The van der Waals surface area contributed by atoms with E-state index in [0.717, 1.165) is 4.57 Å². The van der Waals surface area contributed by atoms with E-state index < -0.39 is 12.0 Å². The molecule has 36 heavy (non-hydrogen) atoms. The Morgan fingerprint density at radius 2 is 1.97 bits per heavy atom. The van der Waals surface area contributed by atoms with Crippen molar-refractivity contribution in [2.75, 3.05) is 24.5 Å². The van der Waals surface area contributed by atoms with Gasteiger partial charge in [0.2, 0.25) is 11.7 Å². The highest BCUT2D eigenvalue weighted by Crippen LogP contribution is 2.39. The second kappa shape index (κ2) is 9.09. The molecule has 1 aromatic carbocycles. The van der Waals surface area contributed by atoms with E-state index in [1.807, 2.05) is 11.8 Å². The third-order valence-electron chi connectivity index (χ3n) is 6.84. The predicted octanol–water partition coefficient (Wildman–Crippen LogP) is 4.53. The summed E-state index contributed by atoms with van der Waals surface area (Å²) in [6.45, 7) is 3.05. The number of pyridine rings is 1.